The zero-order valence-electron chi connectivity index (χ0n) is 8.63. The van der Waals surface area contributed by atoms with Gasteiger partial charge in [-0.1, -0.05) is 41.9 Å². The van der Waals surface area contributed by atoms with Gasteiger partial charge in [0.15, 0.2) is 0 Å². The van der Waals surface area contributed by atoms with Crippen molar-refractivity contribution in [2.45, 2.75) is 31.5 Å². The number of hydrogen-bond donors (Lipinski definition) is 0. The molecular weight excluding hydrogens is 351 g/mol. The van der Waals surface area contributed by atoms with E-state index in [2.05, 4.69) is 76.6 Å². The third kappa shape index (κ3) is 4.30. The van der Waals surface area contributed by atoms with Crippen molar-refractivity contribution >= 4 is 38.5 Å². The Balaban J connectivity index is 2.42. The van der Waals surface area contributed by atoms with Gasteiger partial charge < -0.3 is 0 Å². The first kappa shape index (κ1) is 12.5. The summed E-state index contributed by atoms with van der Waals surface area (Å²) >= 11 is 6.05. The molecule has 0 heterocycles. The van der Waals surface area contributed by atoms with Crippen molar-refractivity contribution in [3.63, 3.8) is 0 Å². The van der Waals surface area contributed by atoms with Crippen LogP contribution < -0.4 is 0 Å². The van der Waals surface area contributed by atoms with Crippen LogP contribution in [0, 0.1) is 9.49 Å². The van der Waals surface area contributed by atoms with Crippen molar-refractivity contribution in [2.24, 2.45) is 5.92 Å². The lowest BCUT2D eigenvalue weighted by atomic mass is 10.0. The monoisotopic (exact) mass is 366 g/mol. The maximum Gasteiger partial charge on any atom is 0.0172 e. The van der Waals surface area contributed by atoms with Gasteiger partial charge in [-0.05, 0) is 59.0 Å². The third-order valence-corrected chi connectivity index (χ3v) is 4.58. The molecule has 0 aliphatic rings. The van der Waals surface area contributed by atoms with Crippen LogP contribution in [-0.4, -0.2) is 4.83 Å². The molecule has 1 aromatic rings. The summed E-state index contributed by atoms with van der Waals surface area (Å²) < 4.78 is 1.31. The molecule has 0 nitrogen and oxygen atoms in total. The average Bonchev–Trinajstić information content (AvgIpc) is 2.16. The molecule has 0 saturated heterocycles. The minimum absolute atomic E-state index is 0.641. The highest BCUT2D eigenvalue weighted by atomic mass is 127. The number of benzene rings is 1. The molecule has 14 heavy (non-hydrogen) atoms. The topological polar surface area (TPSA) is 0 Å². The molecular formula is C12H16BrI. The lowest BCUT2D eigenvalue weighted by Crippen LogP contribution is -2.08. The Hall–Kier alpha value is 0.430. The van der Waals surface area contributed by atoms with Gasteiger partial charge in [0.25, 0.3) is 0 Å². The minimum atomic E-state index is 0.641. The van der Waals surface area contributed by atoms with Gasteiger partial charge in [0.05, 0.1) is 0 Å². The first-order valence-corrected chi connectivity index (χ1v) is 6.97. The fraction of sp³-hybridized carbons (Fsp3) is 0.500. The Labute approximate surface area is 109 Å². The van der Waals surface area contributed by atoms with E-state index < -0.39 is 0 Å². The highest BCUT2D eigenvalue weighted by Crippen LogP contribution is 2.18. The Morgan fingerprint density at radius 2 is 1.79 bits per heavy atom. The van der Waals surface area contributed by atoms with Crippen molar-refractivity contribution in [1.82, 2.24) is 0 Å². The zero-order chi connectivity index (χ0) is 10.6. The molecule has 0 aliphatic heterocycles. The highest BCUT2D eigenvalue weighted by molar-refractivity contribution is 14.1. The molecule has 0 aromatic heterocycles. The number of hydrogen-bond acceptors (Lipinski definition) is 0. The first-order valence-electron chi connectivity index (χ1n) is 4.98. The van der Waals surface area contributed by atoms with Crippen LogP contribution in [0.1, 0.15) is 25.8 Å². The van der Waals surface area contributed by atoms with E-state index in [1.54, 1.807) is 0 Å². The van der Waals surface area contributed by atoms with Gasteiger partial charge in [0.2, 0.25) is 0 Å². The summed E-state index contributed by atoms with van der Waals surface area (Å²) in [6.45, 7) is 4.51. The lowest BCUT2D eigenvalue weighted by molar-refractivity contribution is 0.582. The summed E-state index contributed by atoms with van der Waals surface area (Å²) in [5.74, 6) is 0.721. The summed E-state index contributed by atoms with van der Waals surface area (Å²) in [5.41, 5.74) is 1.44. The van der Waals surface area contributed by atoms with Crippen molar-refractivity contribution in [2.75, 3.05) is 0 Å². The molecule has 1 unspecified atom stereocenters. The van der Waals surface area contributed by atoms with Crippen LogP contribution in [0.5, 0.6) is 0 Å². The molecule has 0 aliphatic carbocycles. The second-order valence-corrected chi connectivity index (χ2v) is 6.35. The predicted molar refractivity (Wildman–Crippen MR) is 75.0 cm³/mol. The number of halogens is 2. The van der Waals surface area contributed by atoms with Gasteiger partial charge >= 0.3 is 0 Å². The summed E-state index contributed by atoms with van der Waals surface area (Å²) in [4.78, 5) is 0.641. The Bertz CT molecular complexity index is 266. The van der Waals surface area contributed by atoms with E-state index in [1.165, 1.54) is 22.0 Å². The SMILES string of the molecule is CC(C)C(Br)CCc1ccc(I)cc1. The number of alkyl halides is 1. The minimum Gasteiger partial charge on any atom is -0.0888 e. The molecule has 2 heteroatoms. The van der Waals surface area contributed by atoms with Crippen LogP contribution in [0.25, 0.3) is 0 Å². The molecule has 0 fully saturated rings. The van der Waals surface area contributed by atoms with E-state index in [0.717, 1.165) is 5.92 Å². The van der Waals surface area contributed by atoms with Crippen molar-refractivity contribution < 1.29 is 0 Å². The van der Waals surface area contributed by atoms with Crippen molar-refractivity contribution in [3.8, 4) is 0 Å². The van der Waals surface area contributed by atoms with Crippen molar-refractivity contribution in [3.05, 3.63) is 33.4 Å². The van der Waals surface area contributed by atoms with E-state index in [0.29, 0.717) is 4.83 Å². The largest absolute Gasteiger partial charge is 0.0888 e. The second kappa shape index (κ2) is 6.11. The van der Waals surface area contributed by atoms with E-state index in [4.69, 9.17) is 0 Å². The Kier molecular flexibility index (Phi) is 5.45. The molecule has 1 atom stereocenters. The number of aryl methyl sites for hydroxylation is 1. The van der Waals surface area contributed by atoms with E-state index >= 15 is 0 Å². The van der Waals surface area contributed by atoms with Gasteiger partial charge in [0.1, 0.15) is 0 Å². The fourth-order valence-corrected chi connectivity index (χ4v) is 1.88. The fourth-order valence-electron chi connectivity index (χ4n) is 1.29. The maximum absolute atomic E-state index is 3.71. The molecule has 0 amide bonds. The summed E-state index contributed by atoms with van der Waals surface area (Å²) in [6, 6.07) is 8.80. The van der Waals surface area contributed by atoms with Gasteiger partial charge in [-0.3, -0.25) is 0 Å². The van der Waals surface area contributed by atoms with Crippen LogP contribution in [0.3, 0.4) is 0 Å². The van der Waals surface area contributed by atoms with Gasteiger partial charge in [-0.25, -0.2) is 0 Å². The standard InChI is InChI=1S/C12H16BrI/c1-9(2)12(13)8-5-10-3-6-11(14)7-4-10/h3-4,6-7,9,12H,5,8H2,1-2H3. The molecule has 78 valence electrons. The highest BCUT2D eigenvalue weighted by Gasteiger charge is 2.08. The maximum atomic E-state index is 3.71. The molecule has 0 spiro atoms. The Morgan fingerprint density at radius 1 is 1.21 bits per heavy atom. The van der Waals surface area contributed by atoms with Gasteiger partial charge in [-0.2, -0.15) is 0 Å². The molecule has 1 rings (SSSR count). The molecule has 0 N–H and O–H groups in total. The normalized spacial score (nSPS) is 13.2. The molecule has 0 saturated carbocycles. The molecule has 0 bridgehead atoms. The second-order valence-electron chi connectivity index (χ2n) is 3.93. The smallest absolute Gasteiger partial charge is 0.0172 e. The number of rotatable bonds is 4. The van der Waals surface area contributed by atoms with Crippen LogP contribution in [0.4, 0.5) is 0 Å². The molecule has 1 aromatic carbocycles. The summed E-state index contributed by atoms with van der Waals surface area (Å²) in [5, 5.41) is 0. The van der Waals surface area contributed by atoms with Crippen LogP contribution in [0.15, 0.2) is 24.3 Å². The van der Waals surface area contributed by atoms with Crippen LogP contribution in [-0.2, 0) is 6.42 Å². The first-order chi connectivity index (χ1) is 6.59. The summed E-state index contributed by atoms with van der Waals surface area (Å²) in [6.07, 6.45) is 2.39. The van der Waals surface area contributed by atoms with Crippen LogP contribution in [0.2, 0.25) is 0 Å². The van der Waals surface area contributed by atoms with E-state index in [1.807, 2.05) is 0 Å². The van der Waals surface area contributed by atoms with E-state index in [9.17, 15) is 0 Å². The lowest BCUT2D eigenvalue weighted by Gasteiger charge is -2.13. The van der Waals surface area contributed by atoms with Gasteiger partial charge in [-0.15, -0.1) is 0 Å². The van der Waals surface area contributed by atoms with Crippen LogP contribution >= 0.6 is 38.5 Å². The zero-order valence-corrected chi connectivity index (χ0v) is 12.4. The molecule has 0 radical (unpaired) electrons. The Morgan fingerprint density at radius 3 is 2.29 bits per heavy atom. The average molecular weight is 367 g/mol. The van der Waals surface area contributed by atoms with Crippen molar-refractivity contribution in [1.29, 1.82) is 0 Å². The third-order valence-electron chi connectivity index (χ3n) is 2.35. The predicted octanol–water partition coefficient (Wildman–Crippen LogP) is 4.64. The van der Waals surface area contributed by atoms with Gasteiger partial charge in [0, 0.05) is 8.40 Å². The quantitative estimate of drug-likeness (QED) is 0.537. The van der Waals surface area contributed by atoms with E-state index in [-0.39, 0.29) is 0 Å². The summed E-state index contributed by atoms with van der Waals surface area (Å²) in [7, 11) is 0.